The summed E-state index contributed by atoms with van der Waals surface area (Å²) in [5, 5.41) is 3.12. The van der Waals surface area contributed by atoms with Crippen LogP contribution in [0.5, 0.6) is 0 Å². The SMILES string of the molecule is Cc1cc(Br)c(NC(=O)c2ccc(N)cc2F)cc1Cl. The van der Waals surface area contributed by atoms with Crippen molar-refractivity contribution in [2.24, 2.45) is 0 Å². The van der Waals surface area contributed by atoms with Gasteiger partial charge >= 0.3 is 0 Å². The Kier molecular flexibility index (Phi) is 4.30. The Bertz CT molecular complexity index is 691. The Labute approximate surface area is 129 Å². The highest BCUT2D eigenvalue weighted by atomic mass is 79.9. The molecule has 3 N–H and O–H groups in total. The molecule has 0 unspecified atom stereocenters. The van der Waals surface area contributed by atoms with E-state index in [0.29, 0.717) is 15.2 Å². The van der Waals surface area contributed by atoms with Crippen LogP contribution in [0.4, 0.5) is 15.8 Å². The summed E-state index contributed by atoms with van der Waals surface area (Å²) in [6.07, 6.45) is 0. The molecule has 0 atom stereocenters. The smallest absolute Gasteiger partial charge is 0.258 e. The molecule has 0 saturated heterocycles. The molecular formula is C14H11BrClFN2O. The zero-order chi connectivity index (χ0) is 14.9. The van der Waals surface area contributed by atoms with Gasteiger partial charge < -0.3 is 11.1 Å². The highest BCUT2D eigenvalue weighted by Crippen LogP contribution is 2.29. The lowest BCUT2D eigenvalue weighted by atomic mass is 10.1. The summed E-state index contributed by atoms with van der Waals surface area (Å²) < 4.78 is 14.3. The van der Waals surface area contributed by atoms with Gasteiger partial charge in [-0.1, -0.05) is 11.6 Å². The number of hydrogen-bond donors (Lipinski definition) is 2. The third-order valence-corrected chi connectivity index (χ3v) is 3.80. The number of carbonyl (C=O) groups excluding carboxylic acids is 1. The predicted octanol–water partition coefficient (Wildman–Crippen LogP) is 4.38. The van der Waals surface area contributed by atoms with E-state index in [4.69, 9.17) is 17.3 Å². The molecule has 3 nitrogen and oxygen atoms in total. The van der Waals surface area contributed by atoms with E-state index in [9.17, 15) is 9.18 Å². The number of halogens is 3. The Morgan fingerprint density at radius 2 is 2.05 bits per heavy atom. The summed E-state index contributed by atoms with van der Waals surface area (Å²) in [6, 6.07) is 7.29. The maximum absolute atomic E-state index is 13.7. The Morgan fingerprint density at radius 3 is 2.70 bits per heavy atom. The fourth-order valence-electron chi connectivity index (χ4n) is 1.65. The van der Waals surface area contributed by atoms with Crippen LogP contribution < -0.4 is 11.1 Å². The van der Waals surface area contributed by atoms with E-state index < -0.39 is 11.7 Å². The van der Waals surface area contributed by atoms with Crippen molar-refractivity contribution in [2.45, 2.75) is 6.92 Å². The van der Waals surface area contributed by atoms with Crippen LogP contribution in [-0.4, -0.2) is 5.91 Å². The summed E-state index contributed by atoms with van der Waals surface area (Å²) in [4.78, 5) is 12.0. The lowest BCUT2D eigenvalue weighted by Gasteiger charge is -2.10. The number of nitrogens with two attached hydrogens (primary N) is 1. The van der Waals surface area contributed by atoms with Crippen LogP contribution in [0.25, 0.3) is 0 Å². The van der Waals surface area contributed by atoms with Gasteiger partial charge in [0.15, 0.2) is 0 Å². The van der Waals surface area contributed by atoms with Gasteiger partial charge in [0.05, 0.1) is 11.3 Å². The number of rotatable bonds is 2. The van der Waals surface area contributed by atoms with E-state index in [1.807, 2.05) is 6.92 Å². The van der Waals surface area contributed by atoms with Crippen molar-refractivity contribution in [1.82, 2.24) is 0 Å². The van der Waals surface area contributed by atoms with Crippen molar-refractivity contribution in [3.05, 3.63) is 56.8 Å². The first-order chi connectivity index (χ1) is 9.38. The molecule has 104 valence electrons. The lowest BCUT2D eigenvalue weighted by Crippen LogP contribution is -2.14. The minimum absolute atomic E-state index is 0.0807. The molecule has 0 aliphatic rings. The van der Waals surface area contributed by atoms with E-state index >= 15 is 0 Å². The van der Waals surface area contributed by atoms with Crippen LogP contribution in [0.1, 0.15) is 15.9 Å². The molecule has 0 saturated carbocycles. The maximum Gasteiger partial charge on any atom is 0.258 e. The molecule has 2 aromatic rings. The van der Waals surface area contributed by atoms with Crippen LogP contribution in [0.3, 0.4) is 0 Å². The molecule has 2 rings (SSSR count). The molecule has 2 aromatic carbocycles. The van der Waals surface area contributed by atoms with Crippen LogP contribution in [0, 0.1) is 12.7 Å². The molecule has 20 heavy (non-hydrogen) atoms. The Morgan fingerprint density at radius 1 is 1.35 bits per heavy atom. The number of hydrogen-bond acceptors (Lipinski definition) is 2. The number of benzene rings is 2. The average molecular weight is 358 g/mol. The van der Waals surface area contributed by atoms with E-state index in [1.165, 1.54) is 12.1 Å². The quantitative estimate of drug-likeness (QED) is 0.783. The van der Waals surface area contributed by atoms with Gasteiger partial charge in [0.1, 0.15) is 5.82 Å². The summed E-state index contributed by atoms with van der Waals surface area (Å²) in [5.74, 6) is -1.24. The van der Waals surface area contributed by atoms with E-state index in [1.54, 1.807) is 12.1 Å². The maximum atomic E-state index is 13.7. The molecule has 0 bridgehead atoms. The topological polar surface area (TPSA) is 55.1 Å². The monoisotopic (exact) mass is 356 g/mol. The van der Waals surface area contributed by atoms with Gasteiger partial charge in [0.2, 0.25) is 0 Å². The third-order valence-electron chi connectivity index (χ3n) is 2.73. The van der Waals surface area contributed by atoms with Crippen molar-refractivity contribution in [1.29, 1.82) is 0 Å². The largest absolute Gasteiger partial charge is 0.399 e. The average Bonchev–Trinajstić information content (AvgIpc) is 2.35. The fourth-order valence-corrected chi connectivity index (χ4v) is 2.37. The normalized spacial score (nSPS) is 10.4. The standard InChI is InChI=1S/C14H11BrClFN2O/c1-7-4-10(15)13(6-11(7)16)19-14(20)9-3-2-8(18)5-12(9)17/h2-6H,18H2,1H3,(H,19,20). The number of anilines is 2. The molecule has 0 spiro atoms. The summed E-state index contributed by atoms with van der Waals surface area (Å²) >= 11 is 9.33. The Hall–Kier alpha value is -1.59. The molecule has 0 radical (unpaired) electrons. The lowest BCUT2D eigenvalue weighted by molar-refractivity contribution is 0.102. The molecular weight excluding hydrogens is 347 g/mol. The number of carbonyl (C=O) groups is 1. The minimum Gasteiger partial charge on any atom is -0.399 e. The van der Waals surface area contributed by atoms with Crippen LogP contribution >= 0.6 is 27.5 Å². The minimum atomic E-state index is -0.670. The van der Waals surface area contributed by atoms with Crippen molar-refractivity contribution >= 4 is 44.8 Å². The molecule has 6 heteroatoms. The number of aryl methyl sites for hydroxylation is 1. The van der Waals surface area contributed by atoms with Gasteiger partial charge in [-0.25, -0.2) is 4.39 Å². The highest BCUT2D eigenvalue weighted by molar-refractivity contribution is 9.10. The predicted molar refractivity (Wildman–Crippen MR) is 82.7 cm³/mol. The number of nitrogens with one attached hydrogen (secondary N) is 1. The molecule has 0 fully saturated rings. The van der Waals surface area contributed by atoms with Gasteiger partial charge in [0, 0.05) is 15.2 Å². The van der Waals surface area contributed by atoms with Crippen molar-refractivity contribution in [2.75, 3.05) is 11.1 Å². The fraction of sp³-hybridized carbons (Fsp3) is 0.0714. The zero-order valence-corrected chi connectivity index (χ0v) is 12.8. The van der Waals surface area contributed by atoms with Crippen LogP contribution in [0.15, 0.2) is 34.8 Å². The summed E-state index contributed by atoms with van der Waals surface area (Å²) in [6.45, 7) is 1.85. The van der Waals surface area contributed by atoms with Crippen molar-refractivity contribution in [3.8, 4) is 0 Å². The van der Waals surface area contributed by atoms with Gasteiger partial charge in [-0.3, -0.25) is 4.79 Å². The van der Waals surface area contributed by atoms with Gasteiger partial charge in [0.25, 0.3) is 5.91 Å². The number of nitrogen functional groups attached to an aromatic ring is 1. The van der Waals surface area contributed by atoms with Crippen molar-refractivity contribution < 1.29 is 9.18 Å². The summed E-state index contributed by atoms with van der Waals surface area (Å²) in [7, 11) is 0. The number of amides is 1. The molecule has 0 aliphatic heterocycles. The molecule has 0 aromatic heterocycles. The second kappa shape index (κ2) is 5.81. The molecule has 0 aliphatic carbocycles. The molecule has 1 amide bonds. The van der Waals surface area contributed by atoms with E-state index in [-0.39, 0.29) is 11.3 Å². The van der Waals surface area contributed by atoms with Gasteiger partial charge in [-0.05, 0) is 58.7 Å². The van der Waals surface area contributed by atoms with Gasteiger partial charge in [-0.2, -0.15) is 0 Å². The van der Waals surface area contributed by atoms with Crippen LogP contribution in [0.2, 0.25) is 5.02 Å². The third kappa shape index (κ3) is 3.11. The first-order valence-corrected chi connectivity index (χ1v) is 6.87. The second-order valence-electron chi connectivity index (χ2n) is 4.27. The Balaban J connectivity index is 2.30. The first kappa shape index (κ1) is 14.8. The van der Waals surface area contributed by atoms with Crippen LogP contribution in [-0.2, 0) is 0 Å². The molecule has 0 heterocycles. The van der Waals surface area contributed by atoms with E-state index in [0.717, 1.165) is 11.6 Å². The zero-order valence-electron chi connectivity index (χ0n) is 10.5. The second-order valence-corrected chi connectivity index (χ2v) is 5.54. The first-order valence-electron chi connectivity index (χ1n) is 5.70. The van der Waals surface area contributed by atoms with E-state index in [2.05, 4.69) is 21.2 Å². The van der Waals surface area contributed by atoms with Gasteiger partial charge in [-0.15, -0.1) is 0 Å². The summed E-state index contributed by atoms with van der Waals surface area (Å²) in [5.41, 5.74) is 6.97. The highest BCUT2D eigenvalue weighted by Gasteiger charge is 2.14. The van der Waals surface area contributed by atoms with Crippen molar-refractivity contribution in [3.63, 3.8) is 0 Å².